The van der Waals surface area contributed by atoms with Crippen LogP contribution >= 0.6 is 11.3 Å². The molecule has 5 nitrogen and oxygen atoms in total. The van der Waals surface area contributed by atoms with Gasteiger partial charge in [-0.05, 0) is 19.1 Å². The number of nitrogens with one attached hydrogen (secondary N) is 1. The number of hydrogen-bond donors (Lipinski definition) is 2. The van der Waals surface area contributed by atoms with Crippen LogP contribution in [0.25, 0.3) is 10.8 Å². The van der Waals surface area contributed by atoms with Crippen molar-refractivity contribution in [2.75, 3.05) is 6.61 Å². The quantitative estimate of drug-likeness (QED) is 0.865. The zero-order chi connectivity index (χ0) is 12.3. The van der Waals surface area contributed by atoms with E-state index in [9.17, 15) is 4.79 Å². The molecular formula is C11H12N2O3S. The second-order valence-electron chi connectivity index (χ2n) is 3.57. The van der Waals surface area contributed by atoms with Gasteiger partial charge in [-0.2, -0.15) is 0 Å². The molecule has 2 aromatic heterocycles. The van der Waals surface area contributed by atoms with Crippen molar-refractivity contribution in [3.63, 3.8) is 0 Å². The molecule has 1 atom stereocenters. The predicted molar refractivity (Wildman–Crippen MR) is 63.8 cm³/mol. The molecule has 90 valence electrons. The van der Waals surface area contributed by atoms with Gasteiger partial charge in [0.05, 0.1) is 12.9 Å². The summed E-state index contributed by atoms with van der Waals surface area (Å²) in [6.07, 6.45) is 1.56. The highest BCUT2D eigenvalue weighted by Crippen LogP contribution is 2.23. The first-order valence-corrected chi connectivity index (χ1v) is 6.00. The summed E-state index contributed by atoms with van der Waals surface area (Å²) in [5.74, 6) is 0.352. The third-order valence-electron chi connectivity index (χ3n) is 2.12. The van der Waals surface area contributed by atoms with Gasteiger partial charge in [0, 0.05) is 11.4 Å². The zero-order valence-corrected chi connectivity index (χ0v) is 10.0. The first-order chi connectivity index (χ1) is 8.20. The van der Waals surface area contributed by atoms with E-state index in [1.54, 1.807) is 30.7 Å². The van der Waals surface area contributed by atoms with Crippen molar-refractivity contribution in [3.8, 4) is 10.8 Å². The van der Waals surface area contributed by atoms with Crippen LogP contribution in [0.2, 0.25) is 0 Å². The van der Waals surface area contributed by atoms with Crippen molar-refractivity contribution in [3.05, 3.63) is 29.5 Å². The van der Waals surface area contributed by atoms with Crippen molar-refractivity contribution >= 4 is 17.2 Å². The first kappa shape index (κ1) is 11.8. The second kappa shape index (κ2) is 5.11. The first-order valence-electron chi connectivity index (χ1n) is 5.12. The molecule has 2 N–H and O–H groups in total. The fourth-order valence-corrected chi connectivity index (χ4v) is 2.00. The lowest BCUT2D eigenvalue weighted by Crippen LogP contribution is -2.35. The van der Waals surface area contributed by atoms with Gasteiger partial charge in [0.2, 0.25) is 0 Å². The molecule has 0 aliphatic heterocycles. The highest BCUT2D eigenvalue weighted by atomic mass is 32.1. The van der Waals surface area contributed by atoms with Crippen LogP contribution in [-0.4, -0.2) is 28.6 Å². The maximum Gasteiger partial charge on any atom is 0.271 e. The van der Waals surface area contributed by atoms with E-state index in [0.717, 1.165) is 0 Å². The summed E-state index contributed by atoms with van der Waals surface area (Å²) in [6, 6.07) is 3.28. The van der Waals surface area contributed by atoms with E-state index in [2.05, 4.69) is 10.3 Å². The van der Waals surface area contributed by atoms with Crippen LogP contribution in [0.3, 0.4) is 0 Å². The Morgan fingerprint density at radius 3 is 3.18 bits per heavy atom. The van der Waals surface area contributed by atoms with E-state index in [0.29, 0.717) is 16.5 Å². The number of rotatable bonds is 4. The summed E-state index contributed by atoms with van der Waals surface area (Å²) in [6.45, 7) is 1.62. The van der Waals surface area contributed by atoms with Gasteiger partial charge in [0.25, 0.3) is 5.91 Å². The topological polar surface area (TPSA) is 75.4 Å². The lowest BCUT2D eigenvalue weighted by atomic mass is 10.3. The van der Waals surface area contributed by atoms with Gasteiger partial charge in [0.15, 0.2) is 10.8 Å². The molecule has 17 heavy (non-hydrogen) atoms. The molecule has 0 spiro atoms. The summed E-state index contributed by atoms with van der Waals surface area (Å²) in [5.41, 5.74) is 0.335. The molecule has 0 radical (unpaired) electrons. The van der Waals surface area contributed by atoms with Crippen LogP contribution in [0.4, 0.5) is 0 Å². The number of nitrogens with zero attached hydrogens (tertiary/aromatic N) is 1. The summed E-state index contributed by atoms with van der Waals surface area (Å²) in [5, 5.41) is 13.8. The monoisotopic (exact) mass is 252 g/mol. The lowest BCUT2D eigenvalue weighted by molar-refractivity contribution is 0.0918. The molecule has 0 saturated heterocycles. The van der Waals surface area contributed by atoms with Crippen molar-refractivity contribution in [1.82, 2.24) is 10.3 Å². The van der Waals surface area contributed by atoms with Gasteiger partial charge in [-0.15, -0.1) is 11.3 Å². The number of carbonyl (C=O) groups is 1. The number of carbonyl (C=O) groups excluding carboxylic acids is 1. The Labute approximate surface area is 102 Å². The molecule has 6 heteroatoms. The minimum atomic E-state index is -0.291. The zero-order valence-electron chi connectivity index (χ0n) is 9.21. The van der Waals surface area contributed by atoms with Gasteiger partial charge in [-0.1, -0.05) is 0 Å². The fourth-order valence-electron chi connectivity index (χ4n) is 1.23. The Hall–Kier alpha value is -1.66. The number of amides is 1. The summed E-state index contributed by atoms with van der Waals surface area (Å²) in [4.78, 5) is 15.9. The molecule has 0 aromatic carbocycles. The molecule has 0 fully saturated rings. The molecule has 2 heterocycles. The van der Waals surface area contributed by atoms with E-state index in [1.807, 2.05) is 0 Å². The van der Waals surface area contributed by atoms with Gasteiger partial charge in [-0.25, -0.2) is 4.98 Å². The third kappa shape index (κ3) is 2.72. The molecule has 0 bridgehead atoms. The van der Waals surface area contributed by atoms with E-state index < -0.39 is 0 Å². The SMILES string of the molecule is C[C@H](CO)NC(=O)c1csc(-c2ccco2)n1. The molecule has 0 saturated carbocycles. The minimum absolute atomic E-state index is 0.0963. The predicted octanol–water partition coefficient (Wildman–Crippen LogP) is 1.51. The molecule has 1 amide bonds. The second-order valence-corrected chi connectivity index (χ2v) is 4.43. The number of thiazole rings is 1. The van der Waals surface area contributed by atoms with Crippen LogP contribution in [-0.2, 0) is 0 Å². The van der Waals surface area contributed by atoms with Gasteiger partial charge in [-0.3, -0.25) is 4.79 Å². The van der Waals surface area contributed by atoms with Gasteiger partial charge < -0.3 is 14.8 Å². The number of aliphatic hydroxyl groups excluding tert-OH is 1. The molecule has 2 aromatic rings. The van der Waals surface area contributed by atoms with Crippen molar-refractivity contribution in [2.24, 2.45) is 0 Å². The fraction of sp³-hybridized carbons (Fsp3) is 0.273. The average molecular weight is 252 g/mol. The number of aromatic nitrogens is 1. The molecule has 2 rings (SSSR count). The van der Waals surface area contributed by atoms with E-state index in [1.165, 1.54) is 11.3 Å². The Kier molecular flexibility index (Phi) is 3.55. The maximum absolute atomic E-state index is 11.7. The summed E-state index contributed by atoms with van der Waals surface area (Å²) >= 11 is 1.34. The smallest absolute Gasteiger partial charge is 0.271 e. The van der Waals surface area contributed by atoms with Crippen LogP contribution < -0.4 is 5.32 Å². The largest absolute Gasteiger partial charge is 0.462 e. The molecule has 0 unspecified atom stereocenters. The number of aliphatic hydroxyl groups is 1. The van der Waals surface area contributed by atoms with Crippen molar-refractivity contribution in [1.29, 1.82) is 0 Å². The van der Waals surface area contributed by atoms with Crippen LogP contribution in [0.5, 0.6) is 0 Å². The average Bonchev–Trinajstić information content (AvgIpc) is 2.98. The Morgan fingerprint density at radius 1 is 1.71 bits per heavy atom. The van der Waals surface area contributed by atoms with E-state index >= 15 is 0 Å². The standard InChI is InChI=1S/C11H12N2O3S/c1-7(5-14)12-10(15)8-6-17-11(13-8)9-3-2-4-16-9/h2-4,6-7,14H,5H2,1H3,(H,12,15)/t7-/m1/s1. The van der Waals surface area contributed by atoms with Crippen LogP contribution in [0.15, 0.2) is 28.2 Å². The lowest BCUT2D eigenvalue weighted by Gasteiger charge is -2.08. The Bertz CT molecular complexity index is 493. The highest BCUT2D eigenvalue weighted by Gasteiger charge is 2.14. The van der Waals surface area contributed by atoms with Gasteiger partial charge in [0.1, 0.15) is 5.69 Å². The normalized spacial score (nSPS) is 12.4. The van der Waals surface area contributed by atoms with Crippen molar-refractivity contribution < 1.29 is 14.3 Å². The van der Waals surface area contributed by atoms with E-state index in [-0.39, 0.29) is 18.6 Å². The van der Waals surface area contributed by atoms with Crippen LogP contribution in [0, 0.1) is 0 Å². The Morgan fingerprint density at radius 2 is 2.53 bits per heavy atom. The van der Waals surface area contributed by atoms with Crippen LogP contribution in [0.1, 0.15) is 17.4 Å². The third-order valence-corrected chi connectivity index (χ3v) is 2.98. The van der Waals surface area contributed by atoms with Crippen molar-refractivity contribution in [2.45, 2.75) is 13.0 Å². The highest BCUT2D eigenvalue weighted by molar-refractivity contribution is 7.13. The Balaban J connectivity index is 2.11. The molecule has 0 aliphatic carbocycles. The minimum Gasteiger partial charge on any atom is -0.462 e. The number of furan rings is 1. The maximum atomic E-state index is 11.7. The summed E-state index contributed by atoms with van der Waals surface area (Å²) in [7, 11) is 0. The number of hydrogen-bond acceptors (Lipinski definition) is 5. The molecular weight excluding hydrogens is 240 g/mol. The molecule has 0 aliphatic rings. The van der Waals surface area contributed by atoms with Gasteiger partial charge >= 0.3 is 0 Å². The summed E-state index contributed by atoms with van der Waals surface area (Å²) < 4.78 is 5.19. The van der Waals surface area contributed by atoms with E-state index in [4.69, 9.17) is 9.52 Å².